The third-order valence-electron chi connectivity index (χ3n) is 7.23. The molecule has 0 aliphatic heterocycles. The smallest absolute Gasteiger partial charge is 0.296 e. The van der Waals surface area contributed by atoms with Crippen molar-refractivity contribution in [2.24, 2.45) is 7.05 Å². The van der Waals surface area contributed by atoms with Crippen LogP contribution in [0.3, 0.4) is 0 Å². The molecule has 2 aromatic carbocycles. The van der Waals surface area contributed by atoms with Gasteiger partial charge in [0.1, 0.15) is 35.4 Å². The number of rotatable bonds is 9. The van der Waals surface area contributed by atoms with Gasteiger partial charge in [0, 0.05) is 52.9 Å². The van der Waals surface area contributed by atoms with E-state index in [2.05, 4.69) is 20.6 Å². The molecule has 4 heterocycles. The van der Waals surface area contributed by atoms with Gasteiger partial charge in [0.2, 0.25) is 0 Å². The second-order valence-electron chi connectivity index (χ2n) is 10.0. The number of thiophene rings is 1. The number of benzene rings is 2. The Morgan fingerprint density at radius 2 is 2.00 bits per heavy atom. The molecule has 0 spiro atoms. The Kier molecular flexibility index (Phi) is 7.82. The number of methoxy groups -OCH3 is 1. The molecule has 9 nitrogen and oxygen atoms in total. The van der Waals surface area contributed by atoms with Gasteiger partial charge in [-0.05, 0) is 42.5 Å². The number of terminal acetylenes is 1. The molecule has 0 saturated carbocycles. The summed E-state index contributed by atoms with van der Waals surface area (Å²) in [7, 11) is 3.38. The van der Waals surface area contributed by atoms with Crippen LogP contribution in [-0.2, 0) is 16.6 Å². The summed E-state index contributed by atoms with van der Waals surface area (Å²) in [6, 6.07) is 11.0. The van der Waals surface area contributed by atoms with Crippen LogP contribution in [-0.4, -0.2) is 51.2 Å². The zero-order valence-electron chi connectivity index (χ0n) is 23.9. The summed E-state index contributed by atoms with van der Waals surface area (Å²) in [6.07, 6.45) is 7.01. The number of aryl methyl sites for hydroxylation is 1. The van der Waals surface area contributed by atoms with Crippen LogP contribution in [0.1, 0.15) is 18.7 Å². The molecule has 222 valence electrons. The van der Waals surface area contributed by atoms with E-state index in [0.29, 0.717) is 33.0 Å². The molecule has 0 bridgehead atoms. The average Bonchev–Trinajstić information content (AvgIpc) is 3.77. The van der Waals surface area contributed by atoms with Gasteiger partial charge in [-0.15, -0.1) is 17.8 Å². The monoisotopic (exact) mass is 612 g/mol. The first-order valence-electron chi connectivity index (χ1n) is 13.6. The van der Waals surface area contributed by atoms with Crippen molar-refractivity contribution >= 4 is 38.2 Å². The third-order valence-corrected chi connectivity index (χ3v) is 8.16. The normalized spacial score (nSPS) is 12.0. The van der Waals surface area contributed by atoms with E-state index in [1.54, 1.807) is 23.9 Å². The summed E-state index contributed by atoms with van der Waals surface area (Å²) in [5.41, 5.74) is 4.13. The van der Waals surface area contributed by atoms with Crippen LogP contribution in [0.2, 0.25) is 0 Å². The zero-order chi connectivity index (χ0) is 31.0. The zero-order valence-corrected chi connectivity index (χ0v) is 24.8. The lowest BCUT2D eigenvalue weighted by Crippen LogP contribution is -2.25. The molecule has 2 N–H and O–H groups in total. The molecule has 6 aromatic rings. The molecule has 0 aliphatic carbocycles. The highest BCUT2D eigenvalue weighted by molar-refractivity contribution is 7.18. The number of carbonyl (C=O) groups excluding carboxylic acids is 1. The summed E-state index contributed by atoms with van der Waals surface area (Å²) in [5, 5.41) is 18.1. The maximum absolute atomic E-state index is 15.9. The van der Waals surface area contributed by atoms with Crippen LogP contribution >= 0.6 is 11.3 Å². The first kappa shape index (κ1) is 29.0. The van der Waals surface area contributed by atoms with E-state index < -0.39 is 23.6 Å². The molecule has 0 radical (unpaired) electrons. The number of H-pyrrole nitrogens is 1. The van der Waals surface area contributed by atoms with Gasteiger partial charge in [-0.25, -0.2) is 13.8 Å². The van der Waals surface area contributed by atoms with Crippen LogP contribution in [0.4, 0.5) is 8.78 Å². The third kappa shape index (κ3) is 5.27. The lowest BCUT2D eigenvalue weighted by atomic mass is 9.96. The highest BCUT2D eigenvalue weighted by Gasteiger charge is 2.27. The van der Waals surface area contributed by atoms with Crippen LogP contribution < -0.4 is 10.1 Å². The fraction of sp³-hybridized carbons (Fsp3) is 0.188. The Balaban J connectivity index is 1.62. The van der Waals surface area contributed by atoms with E-state index in [1.165, 1.54) is 18.4 Å². The molecule has 1 unspecified atom stereocenters. The summed E-state index contributed by atoms with van der Waals surface area (Å²) in [4.78, 5) is 16.9. The number of nitrogens with zero attached hydrogens (tertiary/aromatic N) is 4. The van der Waals surface area contributed by atoms with Gasteiger partial charge >= 0.3 is 0 Å². The molecule has 44 heavy (non-hydrogen) atoms. The number of carbonyl (C=O) groups is 1. The lowest BCUT2D eigenvalue weighted by Gasteiger charge is -2.17. The van der Waals surface area contributed by atoms with Crippen molar-refractivity contribution in [3.05, 3.63) is 71.4 Å². The predicted molar refractivity (Wildman–Crippen MR) is 165 cm³/mol. The molecule has 1 atom stereocenters. The topological polar surface area (TPSA) is 107 Å². The number of fused-ring (bicyclic) bond motifs is 2. The van der Waals surface area contributed by atoms with Crippen molar-refractivity contribution in [3.63, 3.8) is 0 Å². The second kappa shape index (κ2) is 11.9. The molecular weight excluding hydrogens is 586 g/mol. The minimum Gasteiger partial charge on any atom is -0.490 e. The van der Waals surface area contributed by atoms with Crippen LogP contribution in [0.5, 0.6) is 5.75 Å². The maximum Gasteiger partial charge on any atom is 0.296 e. The van der Waals surface area contributed by atoms with Crippen LogP contribution in [0.15, 0.2) is 54.0 Å². The summed E-state index contributed by atoms with van der Waals surface area (Å²) < 4.78 is 43.8. The van der Waals surface area contributed by atoms with Crippen LogP contribution in [0.25, 0.3) is 54.8 Å². The molecule has 1 amide bonds. The number of ether oxygens (including phenoxy) is 2. The number of nitrogens with one attached hydrogen (secondary N) is 2. The SMILES string of the molecule is C#CC(=O)NC(C)c1cc(-c2nc(-c3ccc4c(cnn4C)c3)c3ccsc3c2-c2c(F)cc(F)cc2OCCOC)n[nH]1. The van der Waals surface area contributed by atoms with Crippen molar-refractivity contribution in [2.75, 3.05) is 20.3 Å². The first-order valence-corrected chi connectivity index (χ1v) is 14.4. The Morgan fingerprint density at radius 3 is 2.80 bits per heavy atom. The van der Waals surface area contributed by atoms with Gasteiger partial charge in [-0.3, -0.25) is 14.6 Å². The summed E-state index contributed by atoms with van der Waals surface area (Å²) >= 11 is 1.39. The van der Waals surface area contributed by atoms with E-state index in [1.807, 2.05) is 42.6 Å². The van der Waals surface area contributed by atoms with Gasteiger partial charge < -0.3 is 14.8 Å². The van der Waals surface area contributed by atoms with Gasteiger partial charge in [0.15, 0.2) is 0 Å². The number of halogens is 2. The van der Waals surface area contributed by atoms with Gasteiger partial charge in [0.25, 0.3) is 5.91 Å². The van der Waals surface area contributed by atoms with E-state index >= 15 is 4.39 Å². The number of hydrogen-bond acceptors (Lipinski definition) is 7. The van der Waals surface area contributed by atoms with Crippen molar-refractivity contribution in [3.8, 4) is 51.9 Å². The first-order chi connectivity index (χ1) is 21.3. The Bertz CT molecular complexity index is 2080. The Hall–Kier alpha value is -5.12. The number of amides is 1. The van der Waals surface area contributed by atoms with Gasteiger partial charge in [-0.2, -0.15) is 10.2 Å². The van der Waals surface area contributed by atoms with E-state index in [4.69, 9.17) is 20.9 Å². The molecule has 12 heteroatoms. The van der Waals surface area contributed by atoms with Gasteiger partial charge in [-0.1, -0.05) is 6.07 Å². The highest BCUT2D eigenvalue weighted by atomic mass is 32.1. The predicted octanol–water partition coefficient (Wildman–Crippen LogP) is 6.02. The number of aromatic amines is 1. The van der Waals surface area contributed by atoms with Crippen molar-refractivity contribution in [1.82, 2.24) is 30.3 Å². The molecule has 0 fully saturated rings. The minimum absolute atomic E-state index is 0.00670. The van der Waals surface area contributed by atoms with E-state index in [0.717, 1.165) is 34.0 Å². The quantitative estimate of drug-likeness (QED) is 0.153. The molecule has 0 aliphatic rings. The summed E-state index contributed by atoms with van der Waals surface area (Å²) in [6.45, 7) is 2.04. The largest absolute Gasteiger partial charge is 0.490 e. The molecule has 4 aromatic heterocycles. The van der Waals surface area contributed by atoms with Crippen molar-refractivity contribution < 1.29 is 23.0 Å². The average molecular weight is 613 g/mol. The molecule has 0 saturated heterocycles. The number of aromatic nitrogens is 5. The maximum atomic E-state index is 15.9. The molecular formula is C32H26F2N6O3S. The van der Waals surface area contributed by atoms with E-state index in [-0.39, 0.29) is 24.5 Å². The highest BCUT2D eigenvalue weighted by Crippen LogP contribution is 2.47. The Labute approximate surface area is 254 Å². The van der Waals surface area contributed by atoms with Crippen LogP contribution in [0, 0.1) is 24.0 Å². The number of pyridine rings is 1. The lowest BCUT2D eigenvalue weighted by molar-refractivity contribution is -0.116. The number of hydrogen-bond donors (Lipinski definition) is 2. The molecule has 6 rings (SSSR count). The summed E-state index contributed by atoms with van der Waals surface area (Å²) in [5.74, 6) is -0.132. The fourth-order valence-electron chi connectivity index (χ4n) is 5.11. The van der Waals surface area contributed by atoms with Gasteiger partial charge in [0.05, 0.1) is 41.3 Å². The minimum atomic E-state index is -0.815. The fourth-order valence-corrected chi connectivity index (χ4v) is 6.06. The van der Waals surface area contributed by atoms with Crippen molar-refractivity contribution in [2.45, 2.75) is 13.0 Å². The van der Waals surface area contributed by atoms with E-state index in [9.17, 15) is 9.18 Å². The Morgan fingerprint density at radius 1 is 1.16 bits per heavy atom. The second-order valence-corrected chi connectivity index (χ2v) is 11.0. The standard InChI is InChI=1S/C32H26F2N6O3S/c1-5-27(41)36-17(2)23-15-24(39-38-23)31-29(28-22(34)13-20(33)14-26(28)43-10-9-42-4)32-21(8-11-44-32)30(37-31)18-6-7-25-19(12-18)16-35-40(25)3/h1,6-8,11-17H,9-10H2,2-4H3,(H,36,41)(H,38,39). The van der Waals surface area contributed by atoms with Crippen molar-refractivity contribution in [1.29, 1.82) is 0 Å².